The lowest BCUT2D eigenvalue weighted by atomic mass is 9.90. The minimum absolute atomic E-state index is 0.00104. The van der Waals surface area contributed by atoms with Crippen molar-refractivity contribution in [1.82, 2.24) is 18.8 Å². The Labute approximate surface area is 293 Å². The number of benzene rings is 2. The number of ether oxygens (including phenoxy) is 1. The van der Waals surface area contributed by atoms with Gasteiger partial charge < -0.3 is 9.64 Å². The van der Waals surface area contributed by atoms with E-state index in [1.165, 1.54) is 30.0 Å². The fourth-order valence-electron chi connectivity index (χ4n) is 7.56. The van der Waals surface area contributed by atoms with E-state index in [1.807, 2.05) is 42.5 Å². The molecule has 0 radical (unpaired) electrons. The maximum absolute atomic E-state index is 14.5. The first kappa shape index (κ1) is 35.7. The van der Waals surface area contributed by atoms with E-state index >= 15 is 0 Å². The molecular formula is C37H45FN4O7S. The zero-order valence-corrected chi connectivity index (χ0v) is 29.4. The van der Waals surface area contributed by atoms with E-state index in [1.54, 1.807) is 12.1 Å². The van der Waals surface area contributed by atoms with Crippen LogP contribution >= 0.6 is 0 Å². The predicted octanol–water partition coefficient (Wildman–Crippen LogP) is 4.51. The molecule has 13 heteroatoms. The van der Waals surface area contributed by atoms with Crippen LogP contribution in [0.3, 0.4) is 0 Å². The van der Waals surface area contributed by atoms with E-state index < -0.39 is 51.5 Å². The molecule has 3 amide bonds. The van der Waals surface area contributed by atoms with Crippen LogP contribution < -0.4 is 4.72 Å². The molecule has 5 atom stereocenters. The van der Waals surface area contributed by atoms with Gasteiger partial charge in [-0.15, -0.1) is 0 Å². The van der Waals surface area contributed by atoms with Gasteiger partial charge in [-0.25, -0.2) is 13.9 Å². The maximum atomic E-state index is 14.5. The molecule has 1 saturated carbocycles. The normalized spacial score (nSPS) is 27.8. The van der Waals surface area contributed by atoms with Crippen molar-refractivity contribution in [2.45, 2.75) is 83.0 Å². The fraction of sp³-hybridized carbons (Fsp3) is 0.514. The third-order valence-electron chi connectivity index (χ3n) is 10.6. The first-order valence-corrected chi connectivity index (χ1v) is 18.8. The van der Waals surface area contributed by atoms with E-state index in [-0.39, 0.29) is 50.1 Å². The number of carbonyl (C=O) groups is 4. The lowest BCUT2D eigenvalue weighted by Crippen LogP contribution is -2.47. The number of fused-ring (bicyclic) bond motifs is 3. The van der Waals surface area contributed by atoms with Gasteiger partial charge in [0.2, 0.25) is 11.8 Å². The first-order chi connectivity index (χ1) is 23.9. The van der Waals surface area contributed by atoms with Gasteiger partial charge in [0.05, 0.1) is 24.5 Å². The molecule has 0 aromatic heterocycles. The van der Waals surface area contributed by atoms with Gasteiger partial charge in [0.15, 0.2) is 5.78 Å². The Morgan fingerprint density at radius 3 is 2.56 bits per heavy atom. The van der Waals surface area contributed by atoms with Crippen LogP contribution in [-0.2, 0) is 48.8 Å². The third-order valence-corrected chi connectivity index (χ3v) is 12.0. The highest BCUT2D eigenvalue weighted by molar-refractivity contribution is 7.87. The molecular weight excluding hydrogens is 663 g/mol. The quantitative estimate of drug-likeness (QED) is 0.437. The molecule has 4 aliphatic rings. The van der Waals surface area contributed by atoms with E-state index in [9.17, 15) is 32.0 Å². The number of Topliss-reactive ketones (excluding diaryl/α,β-unsaturated/α-hetero) is 1. The second kappa shape index (κ2) is 14.6. The SMILES string of the molecule is CN(C)S(=O)(=O)NC(=O)[C@]12CC(=O)[C@@H]3C[C@@H](OC(=O)N4Cc5cccc(F)c5C4)CN3C(=O)[C@@H](Cc3ccccc3)CCCCC/C=C\[C@H]1C2. The summed E-state index contributed by atoms with van der Waals surface area (Å²) in [5.41, 5.74) is 0.847. The van der Waals surface area contributed by atoms with Crippen molar-refractivity contribution in [2.75, 3.05) is 20.6 Å². The number of hydrogen-bond donors (Lipinski definition) is 1. The van der Waals surface area contributed by atoms with Crippen LogP contribution in [0.2, 0.25) is 0 Å². The summed E-state index contributed by atoms with van der Waals surface area (Å²) in [4.78, 5) is 58.7. The van der Waals surface area contributed by atoms with Crippen LogP contribution in [0.15, 0.2) is 60.7 Å². The molecule has 3 aliphatic heterocycles. The van der Waals surface area contributed by atoms with Crippen molar-refractivity contribution >= 4 is 33.9 Å². The monoisotopic (exact) mass is 708 g/mol. The smallest absolute Gasteiger partial charge is 0.410 e. The third kappa shape index (κ3) is 7.63. The molecule has 11 nitrogen and oxygen atoms in total. The van der Waals surface area contributed by atoms with Crippen molar-refractivity contribution in [1.29, 1.82) is 0 Å². The molecule has 2 aromatic rings. The first-order valence-electron chi connectivity index (χ1n) is 17.4. The molecule has 1 N–H and O–H groups in total. The van der Waals surface area contributed by atoms with Gasteiger partial charge in [0.1, 0.15) is 11.9 Å². The Bertz CT molecular complexity index is 1770. The van der Waals surface area contributed by atoms with Gasteiger partial charge in [-0.2, -0.15) is 12.7 Å². The zero-order chi connectivity index (χ0) is 35.6. The van der Waals surface area contributed by atoms with Gasteiger partial charge >= 0.3 is 16.3 Å². The van der Waals surface area contributed by atoms with Gasteiger partial charge in [-0.05, 0) is 55.2 Å². The lowest BCUT2D eigenvalue weighted by Gasteiger charge is -2.29. The molecule has 6 rings (SSSR count). The Morgan fingerprint density at radius 2 is 1.82 bits per heavy atom. The molecule has 1 saturated heterocycles. The van der Waals surface area contributed by atoms with E-state index in [0.717, 1.165) is 35.6 Å². The number of rotatable bonds is 6. The van der Waals surface area contributed by atoms with Crippen molar-refractivity contribution in [3.63, 3.8) is 0 Å². The molecule has 2 fully saturated rings. The Balaban J connectivity index is 1.27. The number of nitrogens with zero attached hydrogens (tertiary/aromatic N) is 3. The molecule has 268 valence electrons. The molecule has 0 bridgehead atoms. The molecule has 0 spiro atoms. The van der Waals surface area contributed by atoms with Gasteiger partial charge in [-0.1, -0.05) is 67.5 Å². The number of allylic oxidation sites excluding steroid dienone is 2. The lowest BCUT2D eigenvalue weighted by molar-refractivity contribution is -0.142. The van der Waals surface area contributed by atoms with Crippen LogP contribution in [0.1, 0.15) is 68.1 Å². The Hall–Kier alpha value is -4.10. The maximum Gasteiger partial charge on any atom is 0.410 e. The number of carbonyl (C=O) groups excluding carboxylic acids is 4. The van der Waals surface area contributed by atoms with Crippen LogP contribution in [-0.4, -0.2) is 79.0 Å². The van der Waals surface area contributed by atoms with Crippen molar-refractivity contribution in [2.24, 2.45) is 17.3 Å². The minimum Gasteiger partial charge on any atom is -0.444 e. The summed E-state index contributed by atoms with van der Waals surface area (Å²) in [7, 11) is -1.49. The van der Waals surface area contributed by atoms with E-state index in [4.69, 9.17) is 4.74 Å². The number of nitrogens with one attached hydrogen (secondary N) is 1. The molecule has 0 unspecified atom stereocenters. The predicted molar refractivity (Wildman–Crippen MR) is 183 cm³/mol. The Morgan fingerprint density at radius 1 is 1.04 bits per heavy atom. The molecule has 1 aliphatic carbocycles. The van der Waals surface area contributed by atoms with Crippen LogP contribution in [0.4, 0.5) is 9.18 Å². The highest BCUT2D eigenvalue weighted by Gasteiger charge is 2.61. The number of ketones is 1. The summed E-state index contributed by atoms with van der Waals surface area (Å²) in [6.07, 6.45) is 6.97. The number of hydrogen-bond acceptors (Lipinski definition) is 7. The van der Waals surface area contributed by atoms with Crippen LogP contribution in [0, 0.1) is 23.1 Å². The summed E-state index contributed by atoms with van der Waals surface area (Å²) >= 11 is 0. The van der Waals surface area contributed by atoms with Gasteiger partial charge in [0, 0.05) is 45.0 Å². The van der Waals surface area contributed by atoms with Gasteiger partial charge in [-0.3, -0.25) is 19.3 Å². The fourth-order valence-corrected chi connectivity index (χ4v) is 8.18. The molecule has 2 aromatic carbocycles. The highest BCUT2D eigenvalue weighted by atomic mass is 32.2. The largest absolute Gasteiger partial charge is 0.444 e. The second-order valence-corrected chi connectivity index (χ2v) is 16.1. The molecule has 3 heterocycles. The van der Waals surface area contributed by atoms with Crippen molar-refractivity contribution < 1.29 is 36.7 Å². The summed E-state index contributed by atoms with van der Waals surface area (Å²) in [5.74, 6) is -2.49. The molecule has 50 heavy (non-hydrogen) atoms. The van der Waals surface area contributed by atoms with E-state index in [0.29, 0.717) is 30.4 Å². The highest BCUT2D eigenvalue weighted by Crippen LogP contribution is 2.57. The zero-order valence-electron chi connectivity index (χ0n) is 28.6. The van der Waals surface area contributed by atoms with E-state index in [2.05, 4.69) is 4.72 Å². The summed E-state index contributed by atoms with van der Waals surface area (Å²) in [6, 6.07) is 13.4. The number of halogens is 1. The Kier molecular flexibility index (Phi) is 10.5. The summed E-state index contributed by atoms with van der Waals surface area (Å²) in [5, 5.41) is 0. The van der Waals surface area contributed by atoms with Crippen LogP contribution in [0.25, 0.3) is 0 Å². The summed E-state index contributed by atoms with van der Waals surface area (Å²) < 4.78 is 48.7. The summed E-state index contributed by atoms with van der Waals surface area (Å²) in [6.45, 7) is 0.240. The standard InChI is InChI=1S/C37H45FN4O7S/c1-40(2)50(47,48)39-35(45)37-20-28(37)16-10-5-3-4-9-14-26(18-25-12-7-6-8-13-25)34(44)42-23-29(19-32(42)33(43)21-37)49-36(46)41-22-27-15-11-17-31(38)30(27)24-41/h6-8,10-13,15-17,26,28-29,32H,3-5,9,14,18-24H2,1-2H3,(H,39,45)/b16-10-/t26-,28+,29-,32+,37-/m1/s1. The topological polar surface area (TPSA) is 133 Å². The average Bonchev–Trinajstić information content (AvgIpc) is 3.38. The minimum atomic E-state index is -4.11. The van der Waals surface area contributed by atoms with Gasteiger partial charge in [0.25, 0.3) is 0 Å². The van der Waals surface area contributed by atoms with Crippen LogP contribution in [0.5, 0.6) is 0 Å². The number of amides is 3. The van der Waals surface area contributed by atoms with Crippen molar-refractivity contribution in [3.8, 4) is 0 Å². The average molecular weight is 709 g/mol. The second-order valence-electron chi connectivity index (χ2n) is 14.3. The van der Waals surface area contributed by atoms with Crippen molar-refractivity contribution in [3.05, 3.63) is 83.2 Å².